The maximum atomic E-state index is 13.7. The maximum absolute atomic E-state index is 13.7. The number of pyridine rings is 1. The molecule has 0 radical (unpaired) electrons. The monoisotopic (exact) mass is 595 g/mol. The predicted molar refractivity (Wildman–Crippen MR) is 145 cm³/mol. The van der Waals surface area contributed by atoms with Gasteiger partial charge in [-0.05, 0) is 63.1 Å². The van der Waals surface area contributed by atoms with Crippen molar-refractivity contribution < 1.29 is 33.9 Å². The number of hydroxylamine groups is 1. The van der Waals surface area contributed by atoms with E-state index in [1.165, 1.54) is 11.8 Å². The van der Waals surface area contributed by atoms with E-state index in [2.05, 4.69) is 15.6 Å². The lowest BCUT2D eigenvalue weighted by molar-refractivity contribution is -0.145. The summed E-state index contributed by atoms with van der Waals surface area (Å²) in [6.45, 7) is 6.34. The van der Waals surface area contributed by atoms with Crippen LogP contribution in [0, 0.1) is 0 Å². The summed E-state index contributed by atoms with van der Waals surface area (Å²) < 4.78 is 11.0. The van der Waals surface area contributed by atoms with E-state index in [0.29, 0.717) is 16.9 Å². The number of alkyl carbamates (subject to hydrolysis) is 1. The van der Waals surface area contributed by atoms with Crippen LogP contribution in [0.25, 0.3) is 0 Å². The first-order chi connectivity index (χ1) is 18.7. The number of aromatic nitrogens is 1. The second-order valence-electron chi connectivity index (χ2n) is 10.1. The lowest BCUT2D eigenvalue weighted by Gasteiger charge is -2.31. The quantitative estimate of drug-likeness (QED) is 0.195. The SMILES string of the molecule is C[C@H](C(=O)NO)N1CCC(NC(=O)CNC(=O)OC(C)(C)C)(c2ccc(OCc3cc(Cl)nc(Cl)c3)cc2)C1=O. The molecule has 1 fully saturated rings. The van der Waals surface area contributed by atoms with E-state index in [1.54, 1.807) is 62.6 Å². The molecule has 2 heterocycles. The molecular formula is C26H31Cl2N5O7. The Morgan fingerprint density at radius 2 is 1.77 bits per heavy atom. The van der Waals surface area contributed by atoms with Crippen molar-refractivity contribution in [3.8, 4) is 5.75 Å². The Bertz CT molecular complexity index is 1250. The molecule has 1 unspecified atom stereocenters. The molecule has 1 aromatic heterocycles. The van der Waals surface area contributed by atoms with Crippen molar-refractivity contribution in [2.24, 2.45) is 0 Å². The Balaban J connectivity index is 1.80. The molecule has 216 valence electrons. The van der Waals surface area contributed by atoms with Gasteiger partial charge in [0.25, 0.3) is 11.8 Å². The number of carbonyl (C=O) groups is 4. The number of rotatable bonds is 9. The number of amides is 4. The molecule has 1 aliphatic rings. The molecule has 2 aromatic rings. The standard InChI is InChI=1S/C26H31Cl2N5O7/c1-15(22(35)32-38)33-10-9-26(23(33)36,31-21(34)13-29-24(37)40-25(2,3)4)17-5-7-18(8-6-17)39-14-16-11-19(27)30-20(28)12-16/h5-8,11-12,15,38H,9-10,13-14H2,1-4H3,(H,29,37)(H,31,34)(H,32,35)/t15-,26?/m1/s1. The van der Waals surface area contributed by atoms with Gasteiger partial charge in [-0.15, -0.1) is 0 Å². The minimum atomic E-state index is -1.54. The Kier molecular flexibility index (Phi) is 9.82. The molecule has 4 amide bonds. The lowest BCUT2D eigenvalue weighted by atomic mass is 9.87. The molecule has 2 atom stereocenters. The van der Waals surface area contributed by atoms with E-state index in [4.69, 9.17) is 37.9 Å². The van der Waals surface area contributed by atoms with Gasteiger partial charge >= 0.3 is 6.09 Å². The van der Waals surface area contributed by atoms with Crippen LogP contribution in [0.5, 0.6) is 5.75 Å². The molecule has 0 saturated carbocycles. The fraction of sp³-hybridized carbons (Fsp3) is 0.423. The number of hydrogen-bond acceptors (Lipinski definition) is 8. The zero-order valence-corrected chi connectivity index (χ0v) is 23.9. The lowest BCUT2D eigenvalue weighted by Crippen LogP contribution is -2.56. The van der Waals surface area contributed by atoms with Gasteiger partial charge in [0.1, 0.15) is 46.4 Å². The number of benzene rings is 1. The molecule has 12 nitrogen and oxygen atoms in total. The van der Waals surface area contributed by atoms with Gasteiger partial charge in [0, 0.05) is 13.0 Å². The summed E-state index contributed by atoms with van der Waals surface area (Å²) in [5.74, 6) is -1.51. The normalized spacial score (nSPS) is 17.7. The molecule has 3 rings (SSSR count). The van der Waals surface area contributed by atoms with Crippen LogP contribution < -0.4 is 20.9 Å². The van der Waals surface area contributed by atoms with Crippen LogP contribution in [0.3, 0.4) is 0 Å². The Morgan fingerprint density at radius 3 is 2.35 bits per heavy atom. The molecule has 0 spiro atoms. The number of carbonyl (C=O) groups excluding carboxylic acids is 4. The van der Waals surface area contributed by atoms with E-state index >= 15 is 0 Å². The van der Waals surface area contributed by atoms with E-state index in [1.807, 2.05) is 0 Å². The summed E-state index contributed by atoms with van der Waals surface area (Å²) in [4.78, 5) is 55.8. The molecule has 0 aliphatic carbocycles. The highest BCUT2D eigenvalue weighted by atomic mass is 35.5. The number of ether oxygens (including phenoxy) is 2. The summed E-state index contributed by atoms with van der Waals surface area (Å²) in [5, 5.41) is 14.6. The number of nitrogens with zero attached hydrogens (tertiary/aromatic N) is 2. The Labute approximate surface area is 241 Å². The largest absolute Gasteiger partial charge is 0.489 e. The minimum Gasteiger partial charge on any atom is -0.489 e. The number of nitrogens with one attached hydrogen (secondary N) is 3. The van der Waals surface area contributed by atoms with Crippen molar-refractivity contribution in [3.05, 3.63) is 57.8 Å². The number of hydrogen-bond donors (Lipinski definition) is 4. The van der Waals surface area contributed by atoms with Gasteiger partial charge < -0.3 is 25.0 Å². The van der Waals surface area contributed by atoms with Gasteiger partial charge in [-0.3, -0.25) is 19.6 Å². The molecule has 40 heavy (non-hydrogen) atoms. The molecular weight excluding hydrogens is 565 g/mol. The molecule has 1 aromatic carbocycles. The van der Waals surface area contributed by atoms with E-state index in [0.717, 1.165) is 0 Å². The summed E-state index contributed by atoms with van der Waals surface area (Å²) in [7, 11) is 0. The smallest absolute Gasteiger partial charge is 0.408 e. The van der Waals surface area contributed by atoms with Crippen LogP contribution in [0.15, 0.2) is 36.4 Å². The second kappa shape index (κ2) is 12.7. The van der Waals surface area contributed by atoms with Crippen molar-refractivity contribution in [2.45, 2.75) is 57.9 Å². The van der Waals surface area contributed by atoms with Gasteiger partial charge in [-0.1, -0.05) is 35.3 Å². The van der Waals surface area contributed by atoms with Crippen LogP contribution in [0.2, 0.25) is 10.3 Å². The first kappa shape index (κ1) is 30.9. The van der Waals surface area contributed by atoms with Gasteiger partial charge in [0.15, 0.2) is 0 Å². The van der Waals surface area contributed by atoms with Crippen LogP contribution in [-0.4, -0.2) is 63.6 Å². The Morgan fingerprint density at radius 1 is 1.15 bits per heavy atom. The third-order valence-electron chi connectivity index (χ3n) is 6.03. The fourth-order valence-corrected chi connectivity index (χ4v) is 4.66. The van der Waals surface area contributed by atoms with E-state index < -0.39 is 47.5 Å². The first-order valence-electron chi connectivity index (χ1n) is 12.3. The maximum Gasteiger partial charge on any atom is 0.408 e. The molecule has 1 saturated heterocycles. The van der Waals surface area contributed by atoms with Crippen molar-refractivity contribution in [3.63, 3.8) is 0 Å². The summed E-state index contributed by atoms with van der Waals surface area (Å²) in [5.41, 5.74) is 0.384. The van der Waals surface area contributed by atoms with Crippen molar-refractivity contribution in [2.75, 3.05) is 13.1 Å². The summed E-state index contributed by atoms with van der Waals surface area (Å²) in [6.07, 6.45) is -0.663. The van der Waals surface area contributed by atoms with Crippen LogP contribution in [-0.2, 0) is 31.3 Å². The fourth-order valence-electron chi connectivity index (χ4n) is 4.15. The zero-order chi connectivity index (χ0) is 29.7. The number of likely N-dealkylation sites (tertiary alicyclic amines) is 1. The van der Waals surface area contributed by atoms with Gasteiger partial charge in [0.2, 0.25) is 5.91 Å². The molecule has 0 bridgehead atoms. The Hall–Kier alpha value is -3.61. The second-order valence-corrected chi connectivity index (χ2v) is 10.9. The minimum absolute atomic E-state index is 0.120. The molecule has 1 aliphatic heterocycles. The summed E-state index contributed by atoms with van der Waals surface area (Å²) in [6, 6.07) is 8.75. The van der Waals surface area contributed by atoms with Crippen molar-refractivity contribution in [1.82, 2.24) is 26.0 Å². The van der Waals surface area contributed by atoms with Crippen LogP contribution in [0.4, 0.5) is 4.79 Å². The van der Waals surface area contributed by atoms with Crippen LogP contribution >= 0.6 is 23.2 Å². The molecule has 4 N–H and O–H groups in total. The summed E-state index contributed by atoms with van der Waals surface area (Å²) >= 11 is 11.9. The highest BCUT2D eigenvalue weighted by Crippen LogP contribution is 2.35. The third kappa shape index (κ3) is 7.74. The van der Waals surface area contributed by atoms with Gasteiger partial charge in [-0.25, -0.2) is 15.3 Å². The average Bonchev–Trinajstić information content (AvgIpc) is 3.20. The zero-order valence-electron chi connectivity index (χ0n) is 22.4. The van der Waals surface area contributed by atoms with Gasteiger partial charge in [0.05, 0.1) is 0 Å². The first-order valence-corrected chi connectivity index (χ1v) is 13.1. The van der Waals surface area contributed by atoms with E-state index in [9.17, 15) is 19.2 Å². The third-order valence-corrected chi connectivity index (χ3v) is 6.42. The molecule has 14 heteroatoms. The average molecular weight is 596 g/mol. The topological polar surface area (TPSA) is 159 Å². The highest BCUT2D eigenvalue weighted by molar-refractivity contribution is 6.32. The van der Waals surface area contributed by atoms with Crippen LogP contribution in [0.1, 0.15) is 45.2 Å². The van der Waals surface area contributed by atoms with Gasteiger partial charge in [-0.2, -0.15) is 0 Å². The van der Waals surface area contributed by atoms with E-state index in [-0.39, 0.29) is 29.9 Å². The number of halogens is 2. The highest BCUT2D eigenvalue weighted by Gasteiger charge is 2.51. The van der Waals surface area contributed by atoms with Crippen molar-refractivity contribution in [1.29, 1.82) is 0 Å². The predicted octanol–water partition coefficient (Wildman–Crippen LogP) is 2.93. The van der Waals surface area contributed by atoms with Crippen molar-refractivity contribution >= 4 is 47.0 Å².